The maximum atomic E-state index is 11.1. The maximum absolute atomic E-state index is 11.1. The normalized spacial score (nSPS) is 9.31. The van der Waals surface area contributed by atoms with Crippen molar-refractivity contribution in [2.24, 2.45) is 11.6 Å². The molecule has 0 saturated carbocycles. The summed E-state index contributed by atoms with van der Waals surface area (Å²) in [5.74, 6) is 3.53. The molecule has 6 heteroatoms. The Morgan fingerprint density at radius 1 is 1.46 bits per heavy atom. The fourth-order valence-corrected chi connectivity index (χ4v) is 0.863. The fraction of sp³-hybridized carbons (Fsp3) is 0. The van der Waals surface area contributed by atoms with Crippen molar-refractivity contribution in [1.29, 1.82) is 0 Å². The molecule has 0 bridgehead atoms. The Kier molecular flexibility index (Phi) is 2.56. The van der Waals surface area contributed by atoms with Crippen LogP contribution in [0.3, 0.4) is 0 Å². The summed E-state index contributed by atoms with van der Waals surface area (Å²) in [6.45, 7) is 0. The third kappa shape index (κ3) is 1.79. The molecular weight excluding hydrogens is 172 g/mol. The Morgan fingerprint density at radius 3 is 2.69 bits per heavy atom. The second-order valence-electron chi connectivity index (χ2n) is 2.24. The van der Waals surface area contributed by atoms with Gasteiger partial charge in [-0.3, -0.25) is 20.0 Å². The number of hydrogen-bond acceptors (Lipinski definition) is 4. The van der Waals surface area contributed by atoms with E-state index in [0.717, 1.165) is 0 Å². The van der Waals surface area contributed by atoms with Crippen molar-refractivity contribution in [3.05, 3.63) is 29.6 Å². The zero-order chi connectivity index (χ0) is 9.84. The Morgan fingerprint density at radius 2 is 2.15 bits per heavy atom. The third-order valence-corrected chi connectivity index (χ3v) is 1.42. The first-order chi connectivity index (χ1) is 6.16. The number of hydrazine groups is 1. The fourth-order valence-electron chi connectivity index (χ4n) is 0.863. The van der Waals surface area contributed by atoms with Gasteiger partial charge in [-0.15, -0.1) is 0 Å². The van der Waals surface area contributed by atoms with Crippen LogP contribution < -0.4 is 17.0 Å². The minimum Gasteiger partial charge on any atom is -0.364 e. The second-order valence-corrected chi connectivity index (χ2v) is 2.24. The number of hydrogen-bond donors (Lipinski definition) is 3. The van der Waals surface area contributed by atoms with Crippen LogP contribution in [0.1, 0.15) is 20.8 Å². The number of carbonyl (C=O) groups excluding carboxylic acids is 2. The summed E-state index contributed by atoms with van der Waals surface area (Å²) in [5.41, 5.74) is 6.85. The second kappa shape index (κ2) is 3.63. The minimum atomic E-state index is -0.765. The number of nitrogen functional groups attached to an aromatic ring is 1. The van der Waals surface area contributed by atoms with Gasteiger partial charge in [0.25, 0.3) is 11.8 Å². The number of rotatable bonds is 2. The Bertz CT molecular complexity index is 350. The van der Waals surface area contributed by atoms with Crippen LogP contribution in [-0.4, -0.2) is 16.8 Å². The zero-order valence-corrected chi connectivity index (χ0v) is 6.65. The molecule has 0 atom stereocenters. The van der Waals surface area contributed by atoms with Crippen LogP contribution in [0.2, 0.25) is 0 Å². The number of nitrogens with two attached hydrogens (primary N) is 2. The quantitative estimate of drug-likeness (QED) is 0.301. The van der Waals surface area contributed by atoms with Crippen molar-refractivity contribution < 1.29 is 9.59 Å². The van der Waals surface area contributed by atoms with E-state index < -0.39 is 11.8 Å². The Hall–Kier alpha value is -1.95. The van der Waals surface area contributed by atoms with Gasteiger partial charge in [0, 0.05) is 6.20 Å². The largest absolute Gasteiger partial charge is 0.364 e. The molecular formula is C7H8N4O2. The molecule has 0 fully saturated rings. The van der Waals surface area contributed by atoms with Crippen molar-refractivity contribution in [1.82, 2.24) is 10.4 Å². The van der Waals surface area contributed by atoms with Gasteiger partial charge < -0.3 is 5.73 Å². The van der Waals surface area contributed by atoms with Gasteiger partial charge in [0.05, 0.1) is 5.56 Å². The number of nitrogens with one attached hydrogen (secondary N) is 1. The molecule has 5 N–H and O–H groups in total. The maximum Gasteiger partial charge on any atom is 0.268 e. The van der Waals surface area contributed by atoms with Crippen molar-refractivity contribution in [3.63, 3.8) is 0 Å². The van der Waals surface area contributed by atoms with Crippen molar-refractivity contribution in [2.75, 3.05) is 0 Å². The molecule has 0 spiro atoms. The molecule has 1 rings (SSSR count). The number of primary amides is 1. The van der Waals surface area contributed by atoms with E-state index in [4.69, 9.17) is 11.6 Å². The van der Waals surface area contributed by atoms with Gasteiger partial charge >= 0.3 is 0 Å². The Labute approximate surface area is 73.9 Å². The summed E-state index contributed by atoms with van der Waals surface area (Å²) >= 11 is 0. The summed E-state index contributed by atoms with van der Waals surface area (Å²) < 4.78 is 0. The average molecular weight is 180 g/mol. The number of aromatic nitrogens is 1. The highest BCUT2D eigenvalue weighted by molar-refractivity contribution is 6.05. The average Bonchev–Trinajstić information content (AvgIpc) is 2.16. The molecule has 13 heavy (non-hydrogen) atoms. The highest BCUT2D eigenvalue weighted by atomic mass is 16.2. The van der Waals surface area contributed by atoms with E-state index >= 15 is 0 Å². The van der Waals surface area contributed by atoms with Gasteiger partial charge in [-0.1, -0.05) is 0 Å². The van der Waals surface area contributed by atoms with Gasteiger partial charge in [0.1, 0.15) is 5.69 Å². The lowest BCUT2D eigenvalue weighted by Gasteiger charge is -2.02. The van der Waals surface area contributed by atoms with Gasteiger partial charge in [0.15, 0.2) is 0 Å². The van der Waals surface area contributed by atoms with Crippen molar-refractivity contribution in [2.45, 2.75) is 0 Å². The molecule has 0 saturated heterocycles. The number of amides is 2. The van der Waals surface area contributed by atoms with Crippen LogP contribution in [0.5, 0.6) is 0 Å². The van der Waals surface area contributed by atoms with Gasteiger partial charge in [-0.05, 0) is 12.1 Å². The molecule has 2 amide bonds. The molecule has 0 aromatic carbocycles. The van der Waals surface area contributed by atoms with Crippen molar-refractivity contribution >= 4 is 11.8 Å². The first-order valence-electron chi connectivity index (χ1n) is 3.42. The molecule has 0 aliphatic carbocycles. The SMILES string of the molecule is NNC(=O)c1cccnc1C(N)=O. The summed E-state index contributed by atoms with van der Waals surface area (Å²) in [6, 6.07) is 2.92. The number of nitrogens with zero attached hydrogens (tertiary/aromatic N) is 1. The molecule has 6 nitrogen and oxygen atoms in total. The van der Waals surface area contributed by atoms with Crippen LogP contribution in [0.4, 0.5) is 0 Å². The summed E-state index contributed by atoms with van der Waals surface area (Å²) in [4.78, 5) is 25.5. The predicted molar refractivity (Wildman–Crippen MR) is 44.4 cm³/mol. The Balaban J connectivity index is 3.19. The molecule has 1 aromatic heterocycles. The minimum absolute atomic E-state index is 0.0671. The molecule has 0 aliphatic heterocycles. The number of pyridine rings is 1. The van der Waals surface area contributed by atoms with E-state index in [2.05, 4.69) is 4.98 Å². The number of carbonyl (C=O) groups is 2. The standard InChI is InChI=1S/C7H8N4O2/c8-6(12)5-4(7(13)11-9)2-1-3-10-5/h1-3H,9H2,(H2,8,12)(H,11,13). The summed E-state index contributed by atoms with van der Waals surface area (Å²) in [7, 11) is 0. The molecule has 1 heterocycles. The first-order valence-corrected chi connectivity index (χ1v) is 3.42. The summed E-state index contributed by atoms with van der Waals surface area (Å²) in [6.07, 6.45) is 1.37. The van der Waals surface area contributed by atoms with Crippen LogP contribution in [0, 0.1) is 0 Å². The lowest BCUT2D eigenvalue weighted by molar-refractivity contribution is 0.0933. The van der Waals surface area contributed by atoms with Gasteiger partial charge in [-0.2, -0.15) is 0 Å². The van der Waals surface area contributed by atoms with E-state index in [0.29, 0.717) is 0 Å². The van der Waals surface area contributed by atoms with Crippen LogP contribution in [-0.2, 0) is 0 Å². The predicted octanol–water partition coefficient (Wildman–Crippen LogP) is -1.22. The smallest absolute Gasteiger partial charge is 0.268 e. The lowest BCUT2D eigenvalue weighted by atomic mass is 10.2. The highest BCUT2D eigenvalue weighted by Crippen LogP contribution is 2.03. The van der Waals surface area contributed by atoms with E-state index in [-0.39, 0.29) is 11.3 Å². The highest BCUT2D eigenvalue weighted by Gasteiger charge is 2.14. The summed E-state index contributed by atoms with van der Waals surface area (Å²) in [5, 5.41) is 0. The molecule has 0 radical (unpaired) electrons. The first kappa shape index (κ1) is 9.14. The van der Waals surface area contributed by atoms with Crippen molar-refractivity contribution in [3.8, 4) is 0 Å². The van der Waals surface area contributed by atoms with E-state index in [1.165, 1.54) is 18.3 Å². The molecule has 1 aromatic rings. The van der Waals surface area contributed by atoms with Crippen LogP contribution in [0.15, 0.2) is 18.3 Å². The zero-order valence-electron chi connectivity index (χ0n) is 6.65. The topological polar surface area (TPSA) is 111 Å². The van der Waals surface area contributed by atoms with E-state index in [1.807, 2.05) is 5.43 Å². The van der Waals surface area contributed by atoms with Gasteiger partial charge in [-0.25, -0.2) is 5.84 Å². The van der Waals surface area contributed by atoms with Gasteiger partial charge in [0.2, 0.25) is 0 Å². The van der Waals surface area contributed by atoms with E-state index in [9.17, 15) is 9.59 Å². The third-order valence-electron chi connectivity index (χ3n) is 1.42. The monoisotopic (exact) mass is 180 g/mol. The lowest BCUT2D eigenvalue weighted by Crippen LogP contribution is -2.32. The molecule has 0 aliphatic rings. The van der Waals surface area contributed by atoms with Crippen LogP contribution in [0.25, 0.3) is 0 Å². The molecule has 0 unspecified atom stereocenters. The van der Waals surface area contributed by atoms with Crippen LogP contribution >= 0.6 is 0 Å². The van der Waals surface area contributed by atoms with E-state index in [1.54, 1.807) is 0 Å². The molecule has 68 valence electrons.